The van der Waals surface area contributed by atoms with Gasteiger partial charge in [-0.1, -0.05) is 39.7 Å². The van der Waals surface area contributed by atoms with Gasteiger partial charge in [-0.15, -0.1) is 0 Å². The molecule has 0 spiro atoms. The van der Waals surface area contributed by atoms with Crippen LogP contribution < -0.4 is 16.2 Å². The molecule has 0 saturated heterocycles. The second-order valence-corrected chi connectivity index (χ2v) is 6.92. The van der Waals surface area contributed by atoms with Crippen molar-refractivity contribution in [1.29, 1.82) is 0 Å². The molecule has 0 radical (unpaired) electrons. The molecule has 2 aromatic carbocycles. The number of hydrazine groups is 1. The first-order valence-corrected chi connectivity index (χ1v) is 8.97. The molecule has 2 aromatic rings. The topological polar surface area (TPSA) is 70.2 Å². The van der Waals surface area contributed by atoms with Gasteiger partial charge in [0.05, 0.1) is 6.54 Å². The number of carbonyl (C=O) groups excluding carboxylic acids is 2. The van der Waals surface area contributed by atoms with Gasteiger partial charge in [-0.3, -0.25) is 20.4 Å². The normalized spacial score (nSPS) is 10.3. The van der Waals surface area contributed by atoms with Crippen molar-refractivity contribution in [2.24, 2.45) is 0 Å². The van der Waals surface area contributed by atoms with Crippen LogP contribution in [0.25, 0.3) is 0 Å². The zero-order valence-electron chi connectivity index (χ0n) is 14.7. The van der Waals surface area contributed by atoms with Gasteiger partial charge in [0.2, 0.25) is 5.91 Å². The van der Waals surface area contributed by atoms with Crippen LogP contribution in [0.3, 0.4) is 0 Å². The second-order valence-electron chi connectivity index (χ2n) is 6.00. The molecule has 0 aromatic heterocycles. The lowest BCUT2D eigenvalue weighted by Crippen LogP contribution is -2.44. The van der Waals surface area contributed by atoms with E-state index in [-0.39, 0.29) is 37.0 Å². The molecule has 0 unspecified atom stereocenters. The van der Waals surface area contributed by atoms with E-state index in [1.54, 1.807) is 12.1 Å². The number of anilines is 1. The Morgan fingerprint density at radius 1 is 1.04 bits per heavy atom. The number of amides is 2. The predicted molar refractivity (Wildman–Crippen MR) is 103 cm³/mol. The van der Waals surface area contributed by atoms with Crippen LogP contribution in [0, 0.1) is 19.7 Å². The predicted octanol–water partition coefficient (Wildman–Crippen LogP) is 3.40. The molecule has 2 rings (SSSR count). The van der Waals surface area contributed by atoms with Gasteiger partial charge in [0.25, 0.3) is 5.91 Å². The summed E-state index contributed by atoms with van der Waals surface area (Å²) in [5.41, 5.74) is 8.17. The molecule has 0 atom stereocenters. The number of hydrogen-bond acceptors (Lipinski definition) is 3. The maximum Gasteiger partial charge on any atom is 0.257 e. The van der Waals surface area contributed by atoms with Crippen LogP contribution >= 0.6 is 15.9 Å². The highest BCUT2D eigenvalue weighted by atomic mass is 79.9. The maximum atomic E-state index is 13.7. The third-order valence-corrected chi connectivity index (χ3v) is 4.29. The molecule has 26 heavy (non-hydrogen) atoms. The van der Waals surface area contributed by atoms with Crippen molar-refractivity contribution in [1.82, 2.24) is 10.9 Å². The van der Waals surface area contributed by atoms with Crippen LogP contribution in [-0.2, 0) is 16.0 Å². The largest absolute Gasteiger partial charge is 0.376 e. The number of nitrogens with one attached hydrogen (secondary N) is 3. The lowest BCUT2D eigenvalue weighted by Gasteiger charge is -2.11. The summed E-state index contributed by atoms with van der Waals surface area (Å²) in [6.45, 7) is 3.99. The van der Waals surface area contributed by atoms with Crippen molar-refractivity contribution in [3.63, 3.8) is 0 Å². The van der Waals surface area contributed by atoms with E-state index in [0.717, 1.165) is 16.8 Å². The Balaban J connectivity index is 1.72. The second kappa shape index (κ2) is 9.33. The quantitative estimate of drug-likeness (QED) is 0.625. The molecule has 0 aliphatic rings. The van der Waals surface area contributed by atoms with Gasteiger partial charge in [0.1, 0.15) is 5.82 Å². The van der Waals surface area contributed by atoms with Gasteiger partial charge in [-0.05, 0) is 49.6 Å². The molecule has 2 amide bonds. The SMILES string of the molecule is Cc1ccc(NCC(=O)NNC(=O)CCc2ccc(Br)cc2F)c(C)c1. The standard InChI is InChI=1S/C19H21BrFN3O2/c1-12-3-7-17(13(2)9-12)22-11-19(26)24-23-18(25)8-5-14-4-6-15(20)10-16(14)21/h3-4,6-7,9-10,22H,5,8,11H2,1-2H3,(H,23,25)(H,24,26). The summed E-state index contributed by atoms with van der Waals surface area (Å²) in [6.07, 6.45) is 0.324. The van der Waals surface area contributed by atoms with Crippen LogP contribution in [0.15, 0.2) is 40.9 Å². The summed E-state index contributed by atoms with van der Waals surface area (Å²) in [5.74, 6) is -1.12. The lowest BCUT2D eigenvalue weighted by molar-refractivity contribution is -0.128. The smallest absolute Gasteiger partial charge is 0.257 e. The van der Waals surface area contributed by atoms with Crippen LogP contribution in [0.1, 0.15) is 23.1 Å². The summed E-state index contributed by atoms with van der Waals surface area (Å²) in [4.78, 5) is 23.6. The lowest BCUT2D eigenvalue weighted by atomic mass is 10.1. The van der Waals surface area contributed by atoms with Crippen molar-refractivity contribution in [2.75, 3.05) is 11.9 Å². The third-order valence-electron chi connectivity index (χ3n) is 3.80. The van der Waals surface area contributed by atoms with E-state index < -0.39 is 0 Å². The summed E-state index contributed by atoms with van der Waals surface area (Å²) >= 11 is 3.18. The van der Waals surface area contributed by atoms with E-state index in [1.165, 1.54) is 6.07 Å². The van der Waals surface area contributed by atoms with Gasteiger partial charge in [-0.2, -0.15) is 0 Å². The number of carbonyl (C=O) groups is 2. The summed E-state index contributed by atoms with van der Waals surface area (Å²) in [7, 11) is 0. The Morgan fingerprint density at radius 3 is 2.46 bits per heavy atom. The first kappa shape index (κ1) is 19.9. The minimum absolute atomic E-state index is 0.0333. The molecule has 0 heterocycles. The molecule has 0 fully saturated rings. The van der Waals surface area contributed by atoms with Gasteiger partial charge < -0.3 is 5.32 Å². The third kappa shape index (κ3) is 6.15. The number of rotatable bonds is 6. The number of halogens is 2. The van der Waals surface area contributed by atoms with Crippen LogP contribution in [0.5, 0.6) is 0 Å². The van der Waals surface area contributed by atoms with Crippen molar-refractivity contribution in [2.45, 2.75) is 26.7 Å². The minimum atomic E-state index is -0.382. The number of aryl methyl sites for hydroxylation is 3. The van der Waals surface area contributed by atoms with E-state index in [9.17, 15) is 14.0 Å². The molecule has 3 N–H and O–H groups in total. The number of benzene rings is 2. The molecule has 0 aliphatic carbocycles. The van der Waals surface area contributed by atoms with E-state index in [4.69, 9.17) is 0 Å². The van der Waals surface area contributed by atoms with Gasteiger partial charge in [0, 0.05) is 16.6 Å². The van der Waals surface area contributed by atoms with E-state index in [1.807, 2.05) is 32.0 Å². The van der Waals surface area contributed by atoms with Gasteiger partial charge in [-0.25, -0.2) is 4.39 Å². The van der Waals surface area contributed by atoms with E-state index >= 15 is 0 Å². The Morgan fingerprint density at radius 2 is 1.77 bits per heavy atom. The molecule has 0 bridgehead atoms. The molecular weight excluding hydrogens is 401 g/mol. The first-order chi connectivity index (χ1) is 12.3. The van der Waals surface area contributed by atoms with E-state index in [2.05, 4.69) is 32.1 Å². The van der Waals surface area contributed by atoms with Crippen molar-refractivity contribution < 1.29 is 14.0 Å². The Kier molecular flexibility index (Phi) is 7.15. The fourth-order valence-electron chi connectivity index (χ4n) is 2.41. The van der Waals surface area contributed by atoms with Crippen molar-refractivity contribution >= 4 is 33.4 Å². The fraction of sp³-hybridized carbons (Fsp3) is 0.263. The zero-order valence-corrected chi connectivity index (χ0v) is 16.2. The average molecular weight is 422 g/mol. The Hall–Kier alpha value is -2.41. The molecule has 5 nitrogen and oxygen atoms in total. The molecule has 0 saturated carbocycles. The minimum Gasteiger partial charge on any atom is -0.376 e. The molecule has 138 valence electrons. The monoisotopic (exact) mass is 421 g/mol. The fourth-order valence-corrected chi connectivity index (χ4v) is 2.74. The first-order valence-electron chi connectivity index (χ1n) is 8.18. The average Bonchev–Trinajstić information content (AvgIpc) is 2.58. The van der Waals surface area contributed by atoms with Gasteiger partial charge in [0.15, 0.2) is 0 Å². The summed E-state index contributed by atoms with van der Waals surface area (Å²) in [6, 6.07) is 10.6. The van der Waals surface area contributed by atoms with Gasteiger partial charge >= 0.3 is 0 Å². The molecular formula is C19H21BrFN3O2. The highest BCUT2D eigenvalue weighted by Crippen LogP contribution is 2.17. The van der Waals surface area contributed by atoms with Crippen LogP contribution in [0.4, 0.5) is 10.1 Å². The number of hydrogen-bond donors (Lipinski definition) is 3. The summed E-state index contributed by atoms with van der Waals surface area (Å²) < 4.78 is 14.3. The molecule has 0 aliphatic heterocycles. The summed E-state index contributed by atoms with van der Waals surface area (Å²) in [5, 5.41) is 3.02. The van der Waals surface area contributed by atoms with Crippen LogP contribution in [0.2, 0.25) is 0 Å². The van der Waals surface area contributed by atoms with E-state index in [0.29, 0.717) is 10.0 Å². The highest BCUT2D eigenvalue weighted by molar-refractivity contribution is 9.10. The van der Waals surface area contributed by atoms with Crippen molar-refractivity contribution in [3.05, 3.63) is 63.4 Å². The van der Waals surface area contributed by atoms with Crippen molar-refractivity contribution in [3.8, 4) is 0 Å². The van der Waals surface area contributed by atoms with Crippen LogP contribution in [-0.4, -0.2) is 18.4 Å². The maximum absolute atomic E-state index is 13.7. The Bertz CT molecular complexity index is 744. The Labute approximate surface area is 160 Å². The highest BCUT2D eigenvalue weighted by Gasteiger charge is 2.08. The zero-order chi connectivity index (χ0) is 19.1. The molecule has 7 heteroatoms.